The lowest BCUT2D eigenvalue weighted by molar-refractivity contribution is 0.102. The summed E-state index contributed by atoms with van der Waals surface area (Å²) >= 11 is 0. The molecule has 0 radical (unpaired) electrons. The van der Waals surface area contributed by atoms with Gasteiger partial charge in [0, 0.05) is 22.3 Å². The topological polar surface area (TPSA) is 149 Å². The third-order valence-corrected chi connectivity index (χ3v) is 10.8. The van der Waals surface area contributed by atoms with E-state index < -0.39 is 23.1 Å². The Morgan fingerprint density at radius 3 is 0.600 bits per heavy atom. The van der Waals surface area contributed by atoms with Gasteiger partial charge in [0.2, 0.25) is 0 Å². The van der Waals surface area contributed by atoms with Crippen LogP contribution in [-0.4, -0.2) is 43.6 Å². The quantitative estimate of drug-likeness (QED) is 0.111. The molecule has 0 spiro atoms. The van der Waals surface area contributed by atoms with Gasteiger partial charge in [-0.25, -0.2) is 0 Å². The van der Waals surface area contributed by atoms with Gasteiger partial charge in [-0.05, 0) is 93.0 Å². The van der Waals surface area contributed by atoms with Gasteiger partial charge >= 0.3 is 0 Å². The molecule has 8 heteroatoms. The van der Waals surface area contributed by atoms with Gasteiger partial charge in [-0.2, -0.15) is 0 Å². The lowest BCUT2D eigenvalue weighted by atomic mass is 9.77. The van der Waals surface area contributed by atoms with Gasteiger partial charge < -0.3 is 20.4 Å². The van der Waals surface area contributed by atoms with Gasteiger partial charge in [-0.3, -0.25) is 19.2 Å². The molecule has 1 aliphatic rings. The molecular formula is C52H32O8. The van der Waals surface area contributed by atoms with E-state index in [1.54, 1.807) is 121 Å². The van der Waals surface area contributed by atoms with E-state index >= 15 is 0 Å². The maximum Gasteiger partial charge on any atom is 0.196 e. The number of carbonyl (C=O) groups excluding carboxylic acids is 4. The van der Waals surface area contributed by atoms with E-state index in [4.69, 9.17) is 0 Å². The van der Waals surface area contributed by atoms with Crippen molar-refractivity contribution in [2.75, 3.05) is 0 Å². The molecule has 1 aliphatic carbocycles. The fraction of sp³-hybridized carbons (Fsp3) is 0. The number of benzene rings is 8. The number of hydrogen-bond donors (Lipinski definition) is 4. The number of aromatic hydroxyl groups is 4. The number of carbonyl (C=O) groups is 4. The van der Waals surface area contributed by atoms with Crippen molar-refractivity contribution in [3.05, 3.63) is 214 Å². The Morgan fingerprint density at radius 1 is 0.250 bits per heavy atom. The highest BCUT2D eigenvalue weighted by molar-refractivity contribution is 6.18. The highest BCUT2D eigenvalue weighted by Gasteiger charge is 2.31. The monoisotopic (exact) mass is 784 g/mol. The van der Waals surface area contributed by atoms with Crippen molar-refractivity contribution in [1.82, 2.24) is 0 Å². The Morgan fingerprint density at radius 2 is 0.417 bits per heavy atom. The smallest absolute Gasteiger partial charge is 0.196 e. The van der Waals surface area contributed by atoms with Crippen LogP contribution in [0, 0.1) is 0 Å². The summed E-state index contributed by atoms with van der Waals surface area (Å²) in [6.07, 6.45) is 0. The van der Waals surface area contributed by atoms with Crippen LogP contribution in [0.15, 0.2) is 170 Å². The molecule has 0 saturated heterocycles. The number of phenols is 4. The minimum atomic E-state index is -0.493. The average molecular weight is 785 g/mol. The summed E-state index contributed by atoms with van der Waals surface area (Å²) in [5.74, 6) is -3.51. The molecule has 0 saturated carbocycles. The predicted molar refractivity (Wildman–Crippen MR) is 228 cm³/mol. The van der Waals surface area contributed by atoms with Crippen molar-refractivity contribution in [2.45, 2.75) is 0 Å². The summed E-state index contributed by atoms with van der Waals surface area (Å²) in [5.41, 5.74) is 3.40. The number of rotatable bonds is 8. The summed E-state index contributed by atoms with van der Waals surface area (Å²) in [7, 11) is 0. The lowest BCUT2D eigenvalue weighted by Gasteiger charge is -2.26. The average Bonchev–Trinajstić information content (AvgIpc) is 3.28. The normalized spacial score (nSPS) is 11.2. The zero-order chi connectivity index (χ0) is 41.7. The van der Waals surface area contributed by atoms with Crippen LogP contribution in [0.5, 0.6) is 23.0 Å². The van der Waals surface area contributed by atoms with Gasteiger partial charge in [0.05, 0.1) is 22.3 Å². The molecule has 9 rings (SSSR count). The third-order valence-electron chi connectivity index (χ3n) is 10.8. The van der Waals surface area contributed by atoms with Gasteiger partial charge in [0.25, 0.3) is 0 Å². The number of ketones is 4. The number of fused-ring (bicyclic) bond motifs is 8. The van der Waals surface area contributed by atoms with E-state index in [0.29, 0.717) is 66.8 Å². The van der Waals surface area contributed by atoms with Crippen LogP contribution in [0.3, 0.4) is 0 Å². The van der Waals surface area contributed by atoms with E-state index in [2.05, 4.69) is 0 Å². The van der Waals surface area contributed by atoms with Gasteiger partial charge in [0.15, 0.2) is 23.1 Å². The summed E-state index contributed by atoms with van der Waals surface area (Å²) < 4.78 is 0. The lowest BCUT2D eigenvalue weighted by Crippen LogP contribution is -2.08. The Kier molecular flexibility index (Phi) is 9.22. The van der Waals surface area contributed by atoms with Crippen molar-refractivity contribution in [1.29, 1.82) is 0 Å². The van der Waals surface area contributed by atoms with E-state index in [1.807, 2.05) is 0 Å². The molecule has 0 amide bonds. The fourth-order valence-electron chi connectivity index (χ4n) is 7.84. The molecule has 0 heterocycles. The van der Waals surface area contributed by atoms with Crippen LogP contribution in [0.1, 0.15) is 63.7 Å². The Hall–Kier alpha value is -8.36. The molecule has 0 aliphatic heterocycles. The molecular weight excluding hydrogens is 753 g/mol. The Bertz CT molecular complexity index is 2640. The van der Waals surface area contributed by atoms with Crippen molar-refractivity contribution in [2.24, 2.45) is 0 Å². The SMILES string of the molecule is O=C(c1ccccc1)c1cc2c(cc1O)-c1cc(O)c(C(=O)c3ccccc3)cc1-c1cc(C(=O)c3ccccc3)c(O)cc1-c1cc(O)c(C(=O)c3ccccc3)cc1-2. The van der Waals surface area contributed by atoms with Crippen molar-refractivity contribution in [3.8, 4) is 67.5 Å². The highest BCUT2D eigenvalue weighted by atomic mass is 16.3. The number of phenolic OH excluding ortho intramolecular Hbond substituents is 4. The molecule has 8 nitrogen and oxygen atoms in total. The first-order valence-electron chi connectivity index (χ1n) is 19.0. The summed E-state index contributed by atoms with van der Waals surface area (Å²) in [6, 6.07) is 45.1. The predicted octanol–water partition coefficient (Wildman–Crippen LogP) is 10.4. The second-order valence-corrected chi connectivity index (χ2v) is 14.4. The molecule has 60 heavy (non-hydrogen) atoms. The maximum absolute atomic E-state index is 14.1. The second-order valence-electron chi connectivity index (χ2n) is 14.4. The van der Waals surface area contributed by atoms with Crippen LogP contribution in [0.25, 0.3) is 44.5 Å². The van der Waals surface area contributed by atoms with Crippen LogP contribution in [-0.2, 0) is 0 Å². The summed E-state index contributed by atoms with van der Waals surface area (Å²) in [5, 5.41) is 46.8. The first kappa shape index (κ1) is 37.2. The summed E-state index contributed by atoms with van der Waals surface area (Å²) in [4.78, 5) is 56.2. The summed E-state index contributed by atoms with van der Waals surface area (Å²) in [6.45, 7) is 0. The van der Waals surface area contributed by atoms with Gasteiger partial charge in [0.1, 0.15) is 23.0 Å². The van der Waals surface area contributed by atoms with Crippen LogP contribution in [0.4, 0.5) is 0 Å². The molecule has 0 unspecified atom stereocenters. The molecule has 0 aromatic heterocycles. The molecule has 0 fully saturated rings. The Labute approximate surface area is 343 Å². The standard InChI is InChI=1S/C52H32O8/c53-45-25-37-33(21-41(45)49(57)29-13-5-1-6-14-29)34-22-42(50(58)30-15-7-2-8-16-30)46(54)26-38(34)40-28-48(56)44(52(60)32-19-11-4-12-20-32)24-36(40)35-23-43(47(55)27-39(35)37)51(59)31-17-9-3-10-18-31/h1-28,53-56H. The molecule has 288 valence electrons. The van der Waals surface area contributed by atoms with Crippen molar-refractivity contribution < 1.29 is 39.6 Å². The van der Waals surface area contributed by atoms with E-state index in [9.17, 15) is 39.6 Å². The zero-order valence-electron chi connectivity index (χ0n) is 31.6. The van der Waals surface area contributed by atoms with Gasteiger partial charge in [-0.1, -0.05) is 121 Å². The molecule has 0 atom stereocenters. The largest absolute Gasteiger partial charge is 0.507 e. The highest BCUT2D eigenvalue weighted by Crippen LogP contribution is 2.53. The van der Waals surface area contributed by atoms with Crippen LogP contribution < -0.4 is 0 Å². The first-order valence-corrected chi connectivity index (χ1v) is 19.0. The van der Waals surface area contributed by atoms with E-state index in [1.165, 1.54) is 48.5 Å². The minimum Gasteiger partial charge on any atom is -0.507 e. The maximum atomic E-state index is 14.1. The first-order chi connectivity index (χ1) is 29.1. The van der Waals surface area contributed by atoms with E-state index in [0.717, 1.165) is 0 Å². The minimum absolute atomic E-state index is 0.0657. The zero-order valence-corrected chi connectivity index (χ0v) is 31.6. The molecule has 4 N–H and O–H groups in total. The van der Waals surface area contributed by atoms with Crippen molar-refractivity contribution in [3.63, 3.8) is 0 Å². The van der Waals surface area contributed by atoms with Crippen molar-refractivity contribution >= 4 is 23.1 Å². The number of hydrogen-bond acceptors (Lipinski definition) is 8. The Balaban J connectivity index is 1.40. The fourth-order valence-corrected chi connectivity index (χ4v) is 7.84. The van der Waals surface area contributed by atoms with Crippen LogP contribution in [0.2, 0.25) is 0 Å². The molecule has 8 aromatic carbocycles. The van der Waals surface area contributed by atoms with Gasteiger partial charge in [-0.15, -0.1) is 0 Å². The third kappa shape index (κ3) is 6.38. The second kappa shape index (κ2) is 14.9. The molecule has 8 aromatic rings. The molecule has 0 bridgehead atoms. The van der Waals surface area contributed by atoms with E-state index in [-0.39, 0.29) is 45.3 Å². The van der Waals surface area contributed by atoms with Crippen LogP contribution >= 0.6 is 0 Å².